The minimum absolute atomic E-state index is 0. The van der Waals surface area contributed by atoms with Gasteiger partial charge in [-0.1, -0.05) is 0 Å². The third kappa shape index (κ3) is 2.35. The molecular weight excluding hydrogens is 250 g/mol. The third-order valence-electron chi connectivity index (χ3n) is 3.17. The second kappa shape index (κ2) is 5.42. The Balaban J connectivity index is 0.00000120. The maximum atomic E-state index is 9.75. The molecule has 5 heteroatoms. The maximum absolute atomic E-state index is 9.75. The molecule has 18 heavy (non-hydrogen) atoms. The molecule has 1 saturated heterocycles. The predicted octanol–water partition coefficient (Wildman–Crippen LogP) is 2.14. The Hall–Kier alpha value is -1.52. The summed E-state index contributed by atoms with van der Waals surface area (Å²) in [5.41, 5.74) is 1.70. The van der Waals surface area contributed by atoms with Crippen molar-refractivity contribution in [3.05, 3.63) is 30.5 Å². The molecule has 1 aromatic carbocycles. The zero-order valence-corrected chi connectivity index (χ0v) is 10.7. The lowest BCUT2D eigenvalue weighted by atomic mass is 10.1. The highest BCUT2D eigenvalue weighted by Crippen LogP contribution is 2.29. The molecule has 0 saturated carbocycles. The molecule has 1 aliphatic heterocycles. The number of halogens is 1. The number of phenolic OH excluding ortho intramolecular Hbond substituents is 1. The van der Waals surface area contributed by atoms with Gasteiger partial charge in [-0.3, -0.25) is 4.98 Å². The van der Waals surface area contributed by atoms with Gasteiger partial charge >= 0.3 is 0 Å². The van der Waals surface area contributed by atoms with Crippen LogP contribution >= 0.6 is 12.4 Å². The quantitative estimate of drug-likeness (QED) is 0.728. The van der Waals surface area contributed by atoms with Gasteiger partial charge in [0, 0.05) is 29.9 Å². The minimum atomic E-state index is 0. The van der Waals surface area contributed by atoms with E-state index in [0.29, 0.717) is 11.6 Å². The number of rotatable bonds is 2. The van der Waals surface area contributed by atoms with E-state index >= 15 is 0 Å². The summed E-state index contributed by atoms with van der Waals surface area (Å²) in [7, 11) is 0. The van der Waals surface area contributed by atoms with E-state index in [2.05, 4.69) is 15.6 Å². The van der Waals surface area contributed by atoms with Crippen LogP contribution in [0.25, 0.3) is 10.9 Å². The van der Waals surface area contributed by atoms with Crippen molar-refractivity contribution in [2.75, 3.05) is 18.4 Å². The number of anilines is 1. The summed E-state index contributed by atoms with van der Waals surface area (Å²) in [6.07, 6.45) is 2.82. The molecule has 1 fully saturated rings. The molecule has 2 aromatic rings. The van der Waals surface area contributed by atoms with Crippen molar-refractivity contribution >= 4 is 29.0 Å². The topological polar surface area (TPSA) is 57.2 Å². The van der Waals surface area contributed by atoms with Crippen LogP contribution in [0.15, 0.2) is 30.5 Å². The highest BCUT2D eigenvalue weighted by molar-refractivity contribution is 5.95. The van der Waals surface area contributed by atoms with Gasteiger partial charge in [0.25, 0.3) is 0 Å². The first-order chi connectivity index (χ1) is 8.34. The molecule has 4 nitrogen and oxygen atoms in total. The average molecular weight is 266 g/mol. The Morgan fingerprint density at radius 3 is 3.00 bits per heavy atom. The highest BCUT2D eigenvalue weighted by atomic mass is 35.5. The van der Waals surface area contributed by atoms with Crippen LogP contribution in [0.3, 0.4) is 0 Å². The Labute approximate surface area is 112 Å². The van der Waals surface area contributed by atoms with Crippen molar-refractivity contribution < 1.29 is 5.11 Å². The molecule has 3 rings (SSSR count). The van der Waals surface area contributed by atoms with Crippen LogP contribution in [0.2, 0.25) is 0 Å². The van der Waals surface area contributed by atoms with E-state index in [0.717, 1.165) is 30.6 Å². The smallest absolute Gasteiger partial charge is 0.141 e. The molecule has 1 atom stereocenters. The molecular formula is C13H16ClN3O. The van der Waals surface area contributed by atoms with Gasteiger partial charge in [-0.25, -0.2) is 0 Å². The molecule has 0 aliphatic carbocycles. The zero-order valence-electron chi connectivity index (χ0n) is 9.89. The third-order valence-corrected chi connectivity index (χ3v) is 3.17. The summed E-state index contributed by atoms with van der Waals surface area (Å²) in [5.74, 6) is 0.232. The number of phenols is 1. The van der Waals surface area contributed by atoms with Crippen molar-refractivity contribution in [2.45, 2.75) is 12.5 Å². The maximum Gasteiger partial charge on any atom is 0.141 e. The molecule has 0 amide bonds. The van der Waals surface area contributed by atoms with Crippen LogP contribution in [-0.4, -0.2) is 29.2 Å². The number of fused-ring (bicyclic) bond motifs is 1. The van der Waals surface area contributed by atoms with Gasteiger partial charge in [-0.15, -0.1) is 12.4 Å². The van der Waals surface area contributed by atoms with Crippen LogP contribution in [0.4, 0.5) is 5.69 Å². The minimum Gasteiger partial charge on any atom is -0.506 e. The number of hydrogen-bond donors (Lipinski definition) is 3. The average Bonchev–Trinajstić information content (AvgIpc) is 2.86. The van der Waals surface area contributed by atoms with Crippen molar-refractivity contribution in [3.63, 3.8) is 0 Å². The van der Waals surface area contributed by atoms with Crippen LogP contribution in [0.5, 0.6) is 5.75 Å². The van der Waals surface area contributed by atoms with Crippen LogP contribution in [-0.2, 0) is 0 Å². The standard InChI is InChI=1S/C13H15N3O.ClH/c17-12-4-3-11(16-9-5-7-14-8-9)10-2-1-6-15-13(10)12;/h1-4,6,9,14,16-17H,5,7-8H2;1H. The Bertz CT molecular complexity index is 541. The molecule has 2 heterocycles. The molecule has 96 valence electrons. The Morgan fingerprint density at radius 1 is 1.33 bits per heavy atom. The van der Waals surface area contributed by atoms with Gasteiger partial charge in [0.05, 0.1) is 0 Å². The number of nitrogens with one attached hydrogen (secondary N) is 2. The fraction of sp³-hybridized carbons (Fsp3) is 0.308. The predicted molar refractivity (Wildman–Crippen MR) is 75.6 cm³/mol. The van der Waals surface area contributed by atoms with Crippen molar-refractivity contribution in [1.82, 2.24) is 10.3 Å². The van der Waals surface area contributed by atoms with Gasteiger partial charge in [-0.2, -0.15) is 0 Å². The summed E-state index contributed by atoms with van der Waals surface area (Å²) in [6.45, 7) is 2.05. The molecule has 1 aliphatic rings. The first kappa shape index (κ1) is 12.9. The lowest BCUT2D eigenvalue weighted by molar-refractivity contribution is 0.480. The lowest BCUT2D eigenvalue weighted by Crippen LogP contribution is -2.22. The largest absolute Gasteiger partial charge is 0.506 e. The Morgan fingerprint density at radius 2 is 2.22 bits per heavy atom. The summed E-state index contributed by atoms with van der Waals surface area (Å²) >= 11 is 0. The summed E-state index contributed by atoms with van der Waals surface area (Å²) in [5, 5.41) is 17.5. The second-order valence-electron chi connectivity index (χ2n) is 4.37. The zero-order chi connectivity index (χ0) is 11.7. The first-order valence-corrected chi connectivity index (χ1v) is 5.88. The SMILES string of the molecule is Cl.Oc1ccc(NC2CCNC2)c2cccnc12. The number of aromatic nitrogens is 1. The van der Waals surface area contributed by atoms with E-state index in [-0.39, 0.29) is 18.2 Å². The summed E-state index contributed by atoms with van der Waals surface area (Å²) < 4.78 is 0. The van der Waals surface area contributed by atoms with Crippen molar-refractivity contribution in [2.24, 2.45) is 0 Å². The first-order valence-electron chi connectivity index (χ1n) is 5.88. The monoisotopic (exact) mass is 265 g/mol. The van der Waals surface area contributed by atoms with E-state index in [9.17, 15) is 5.11 Å². The Kier molecular flexibility index (Phi) is 3.89. The van der Waals surface area contributed by atoms with E-state index in [4.69, 9.17) is 0 Å². The van der Waals surface area contributed by atoms with E-state index in [1.165, 1.54) is 0 Å². The lowest BCUT2D eigenvalue weighted by Gasteiger charge is -2.15. The summed E-state index contributed by atoms with van der Waals surface area (Å²) in [4.78, 5) is 4.21. The summed E-state index contributed by atoms with van der Waals surface area (Å²) in [6, 6.07) is 7.94. The molecule has 3 N–H and O–H groups in total. The normalized spacial score (nSPS) is 18.6. The van der Waals surface area contributed by atoms with Gasteiger partial charge in [-0.05, 0) is 37.2 Å². The number of benzene rings is 1. The van der Waals surface area contributed by atoms with Crippen LogP contribution in [0, 0.1) is 0 Å². The van der Waals surface area contributed by atoms with Gasteiger partial charge in [0.1, 0.15) is 11.3 Å². The van der Waals surface area contributed by atoms with Crippen LogP contribution < -0.4 is 10.6 Å². The van der Waals surface area contributed by atoms with Crippen molar-refractivity contribution in [1.29, 1.82) is 0 Å². The van der Waals surface area contributed by atoms with E-state index < -0.39 is 0 Å². The number of hydrogen-bond acceptors (Lipinski definition) is 4. The molecule has 0 spiro atoms. The number of aromatic hydroxyl groups is 1. The molecule has 1 aromatic heterocycles. The van der Waals surface area contributed by atoms with E-state index in [1.54, 1.807) is 12.3 Å². The highest BCUT2D eigenvalue weighted by Gasteiger charge is 2.15. The molecule has 0 bridgehead atoms. The molecule has 0 radical (unpaired) electrons. The fourth-order valence-corrected chi connectivity index (χ4v) is 2.28. The van der Waals surface area contributed by atoms with E-state index in [1.807, 2.05) is 18.2 Å². The van der Waals surface area contributed by atoms with Gasteiger partial charge in [0.2, 0.25) is 0 Å². The fourth-order valence-electron chi connectivity index (χ4n) is 2.28. The van der Waals surface area contributed by atoms with Gasteiger partial charge in [0.15, 0.2) is 0 Å². The number of pyridine rings is 1. The van der Waals surface area contributed by atoms with Crippen LogP contribution in [0.1, 0.15) is 6.42 Å². The van der Waals surface area contributed by atoms with Gasteiger partial charge < -0.3 is 15.7 Å². The van der Waals surface area contributed by atoms with Crippen molar-refractivity contribution in [3.8, 4) is 5.75 Å². The number of nitrogens with zero attached hydrogens (tertiary/aromatic N) is 1. The second-order valence-corrected chi connectivity index (χ2v) is 4.37. The molecule has 1 unspecified atom stereocenters.